The quantitative estimate of drug-likeness (QED) is 0.467. The van der Waals surface area contributed by atoms with Gasteiger partial charge < -0.3 is 25.0 Å². The van der Waals surface area contributed by atoms with Crippen molar-refractivity contribution in [3.63, 3.8) is 0 Å². The SMILES string of the molecule is Cn1cncc1C[C@H](NCCc1ccc2c(c1)CO/C2=C1/C(=O)Nc2ccc(F)cc21)C(=O)O. The number of aromatic nitrogens is 2. The number of nitrogens with zero attached hydrogens (tertiary/aromatic N) is 2. The Bertz CT molecular complexity index is 1330. The van der Waals surface area contributed by atoms with Crippen LogP contribution in [-0.2, 0) is 40.8 Å². The molecule has 34 heavy (non-hydrogen) atoms. The minimum Gasteiger partial charge on any atom is -0.487 e. The van der Waals surface area contributed by atoms with Gasteiger partial charge in [-0.3, -0.25) is 9.59 Å². The van der Waals surface area contributed by atoms with Gasteiger partial charge in [0.25, 0.3) is 5.91 Å². The van der Waals surface area contributed by atoms with Crippen LogP contribution in [0, 0.1) is 5.82 Å². The number of nitrogens with one attached hydrogen (secondary N) is 2. The van der Waals surface area contributed by atoms with Crippen LogP contribution in [0.2, 0.25) is 0 Å². The van der Waals surface area contributed by atoms with Gasteiger partial charge in [0.05, 0.1) is 11.9 Å². The molecule has 3 aromatic rings. The van der Waals surface area contributed by atoms with Crippen LogP contribution < -0.4 is 10.6 Å². The molecule has 3 heterocycles. The number of amides is 1. The Kier molecular flexibility index (Phi) is 5.62. The van der Waals surface area contributed by atoms with E-state index in [1.54, 1.807) is 18.6 Å². The maximum atomic E-state index is 13.8. The lowest BCUT2D eigenvalue weighted by Gasteiger charge is -2.15. The molecule has 8 nitrogen and oxygen atoms in total. The summed E-state index contributed by atoms with van der Waals surface area (Å²) in [5.41, 5.74) is 4.99. The molecule has 1 atom stereocenters. The lowest BCUT2D eigenvalue weighted by atomic mass is 9.98. The Morgan fingerprint density at radius 2 is 2.15 bits per heavy atom. The highest BCUT2D eigenvalue weighted by Gasteiger charge is 2.32. The van der Waals surface area contributed by atoms with Gasteiger partial charge >= 0.3 is 5.97 Å². The second-order valence-electron chi connectivity index (χ2n) is 8.42. The predicted molar refractivity (Wildman–Crippen MR) is 123 cm³/mol. The average molecular weight is 462 g/mol. The average Bonchev–Trinajstić information content (AvgIpc) is 3.49. The highest BCUT2D eigenvalue weighted by molar-refractivity contribution is 6.36. The normalized spacial score (nSPS) is 17.2. The summed E-state index contributed by atoms with van der Waals surface area (Å²) in [6, 6.07) is 9.30. The topological polar surface area (TPSA) is 105 Å². The number of halogens is 1. The standard InChI is InChI=1S/C25H23FN4O4/c1-30-13-27-11-17(30)10-21(25(32)33)28-7-6-14-2-4-18-15(8-14)12-34-23(18)22-19-9-16(26)3-5-20(19)29-24(22)31/h2-5,8-9,11,13,21,28H,6-7,10,12H2,1H3,(H,29,31)(H,32,33)/b23-22+/t21-/m0/s1. The molecule has 2 aliphatic heterocycles. The van der Waals surface area contributed by atoms with Gasteiger partial charge in [0.15, 0.2) is 0 Å². The monoisotopic (exact) mass is 462 g/mol. The van der Waals surface area contributed by atoms with E-state index in [1.807, 2.05) is 29.8 Å². The lowest BCUT2D eigenvalue weighted by molar-refractivity contribution is -0.139. The van der Waals surface area contributed by atoms with E-state index >= 15 is 0 Å². The highest BCUT2D eigenvalue weighted by Crippen LogP contribution is 2.41. The third-order valence-electron chi connectivity index (χ3n) is 6.17. The highest BCUT2D eigenvalue weighted by atomic mass is 19.1. The van der Waals surface area contributed by atoms with E-state index in [9.17, 15) is 19.1 Å². The van der Waals surface area contributed by atoms with E-state index in [1.165, 1.54) is 12.1 Å². The summed E-state index contributed by atoms with van der Waals surface area (Å²) in [4.78, 5) is 28.3. The minimum absolute atomic E-state index is 0.311. The van der Waals surface area contributed by atoms with E-state index < -0.39 is 17.8 Å². The fourth-order valence-electron chi connectivity index (χ4n) is 4.37. The molecule has 9 heteroatoms. The van der Waals surface area contributed by atoms with Crippen LogP contribution in [0.15, 0.2) is 48.9 Å². The third kappa shape index (κ3) is 4.06. The molecule has 0 radical (unpaired) electrons. The molecule has 3 N–H and O–H groups in total. The molecule has 0 unspecified atom stereocenters. The summed E-state index contributed by atoms with van der Waals surface area (Å²) >= 11 is 0. The van der Waals surface area contributed by atoms with E-state index in [2.05, 4.69) is 15.6 Å². The number of carbonyl (C=O) groups is 2. The number of ether oxygens (including phenoxy) is 1. The van der Waals surface area contributed by atoms with Gasteiger partial charge in [-0.05, 0) is 36.7 Å². The fourth-order valence-corrected chi connectivity index (χ4v) is 4.37. The van der Waals surface area contributed by atoms with Gasteiger partial charge in [-0.1, -0.05) is 18.2 Å². The third-order valence-corrected chi connectivity index (χ3v) is 6.17. The zero-order chi connectivity index (χ0) is 23.8. The van der Waals surface area contributed by atoms with Crippen LogP contribution >= 0.6 is 0 Å². The number of imidazole rings is 1. The Labute approximate surface area is 195 Å². The van der Waals surface area contributed by atoms with Crippen LogP contribution in [0.5, 0.6) is 0 Å². The molecule has 0 bridgehead atoms. The summed E-state index contributed by atoms with van der Waals surface area (Å²) < 4.78 is 21.5. The van der Waals surface area contributed by atoms with Crippen molar-refractivity contribution in [1.82, 2.24) is 14.9 Å². The van der Waals surface area contributed by atoms with E-state index in [4.69, 9.17) is 4.74 Å². The number of carboxylic acid groups (broad SMARTS) is 1. The zero-order valence-electron chi connectivity index (χ0n) is 18.5. The number of aryl methyl sites for hydroxylation is 1. The summed E-state index contributed by atoms with van der Waals surface area (Å²) in [6.45, 7) is 0.795. The van der Waals surface area contributed by atoms with E-state index in [-0.39, 0.29) is 5.91 Å². The molecule has 5 rings (SSSR count). The molecule has 2 aliphatic rings. The Morgan fingerprint density at radius 1 is 1.29 bits per heavy atom. The largest absolute Gasteiger partial charge is 0.487 e. The number of rotatable bonds is 7. The second-order valence-corrected chi connectivity index (χ2v) is 8.42. The first-order valence-corrected chi connectivity index (χ1v) is 10.9. The van der Waals surface area contributed by atoms with Crippen LogP contribution in [-0.4, -0.2) is 39.1 Å². The fraction of sp³-hybridized carbons (Fsp3) is 0.240. The number of carbonyl (C=O) groups excluding carboxylic acids is 1. The smallest absolute Gasteiger partial charge is 0.321 e. The molecule has 2 aromatic carbocycles. The van der Waals surface area contributed by atoms with Crippen molar-refractivity contribution in [1.29, 1.82) is 0 Å². The molecule has 0 saturated heterocycles. The van der Waals surface area contributed by atoms with Crippen molar-refractivity contribution in [2.24, 2.45) is 7.05 Å². The maximum absolute atomic E-state index is 13.8. The molecular weight excluding hydrogens is 439 g/mol. The van der Waals surface area contributed by atoms with Gasteiger partial charge in [-0.25, -0.2) is 9.37 Å². The Hall–Kier alpha value is -3.98. The summed E-state index contributed by atoms with van der Waals surface area (Å²) in [5.74, 6) is -1.20. The number of hydrogen-bond donors (Lipinski definition) is 3. The van der Waals surface area contributed by atoms with Gasteiger partial charge in [0.1, 0.15) is 24.2 Å². The first-order chi connectivity index (χ1) is 16.4. The van der Waals surface area contributed by atoms with Crippen molar-refractivity contribution in [3.8, 4) is 0 Å². The Balaban J connectivity index is 1.30. The van der Waals surface area contributed by atoms with E-state index in [0.717, 1.165) is 22.4 Å². The first kappa shape index (κ1) is 21.8. The molecule has 0 aliphatic carbocycles. The Morgan fingerprint density at radius 3 is 2.91 bits per heavy atom. The zero-order valence-corrected chi connectivity index (χ0v) is 18.5. The first-order valence-electron chi connectivity index (χ1n) is 10.9. The summed E-state index contributed by atoms with van der Waals surface area (Å²) in [5, 5.41) is 15.4. The van der Waals surface area contributed by atoms with Gasteiger partial charge in [-0.15, -0.1) is 0 Å². The number of anilines is 1. The van der Waals surface area contributed by atoms with Crippen molar-refractivity contribution in [2.45, 2.75) is 25.5 Å². The number of hydrogen-bond acceptors (Lipinski definition) is 5. The van der Waals surface area contributed by atoms with Crippen LogP contribution in [0.3, 0.4) is 0 Å². The second kappa shape index (κ2) is 8.75. The number of fused-ring (bicyclic) bond motifs is 2. The van der Waals surface area contributed by atoms with Crippen LogP contribution in [0.1, 0.15) is 27.9 Å². The predicted octanol–water partition coefficient (Wildman–Crippen LogP) is 2.74. The van der Waals surface area contributed by atoms with Crippen LogP contribution in [0.25, 0.3) is 11.3 Å². The molecule has 1 aromatic heterocycles. The van der Waals surface area contributed by atoms with Crippen molar-refractivity contribution >= 4 is 28.9 Å². The molecule has 0 spiro atoms. The molecular formula is C25H23FN4O4. The van der Waals surface area contributed by atoms with Gasteiger partial charge in [0, 0.05) is 47.7 Å². The van der Waals surface area contributed by atoms with Crippen molar-refractivity contribution in [2.75, 3.05) is 11.9 Å². The number of aliphatic carboxylic acids is 1. The summed E-state index contributed by atoms with van der Waals surface area (Å²) in [6.07, 6.45) is 4.28. The molecule has 0 saturated carbocycles. The van der Waals surface area contributed by atoms with Crippen LogP contribution in [0.4, 0.5) is 10.1 Å². The lowest BCUT2D eigenvalue weighted by Crippen LogP contribution is -2.40. The minimum atomic E-state index is -0.911. The van der Waals surface area contributed by atoms with Gasteiger partial charge in [-0.2, -0.15) is 0 Å². The number of carboxylic acids is 1. The van der Waals surface area contributed by atoms with Gasteiger partial charge in [0.2, 0.25) is 0 Å². The summed E-state index contributed by atoms with van der Waals surface area (Å²) in [7, 11) is 1.84. The molecule has 1 amide bonds. The maximum Gasteiger partial charge on any atom is 0.321 e. The van der Waals surface area contributed by atoms with Crippen molar-refractivity contribution in [3.05, 3.63) is 82.7 Å². The van der Waals surface area contributed by atoms with E-state index in [0.29, 0.717) is 48.6 Å². The molecule has 0 fully saturated rings. The number of benzene rings is 2. The molecule has 174 valence electrons. The van der Waals surface area contributed by atoms with Crippen molar-refractivity contribution < 1.29 is 23.8 Å².